The molecule has 0 unspecified atom stereocenters. The summed E-state index contributed by atoms with van der Waals surface area (Å²) in [6.45, 7) is 20.9. The first-order chi connectivity index (χ1) is 18.7. The highest BCUT2D eigenvalue weighted by Crippen LogP contribution is 2.18. The van der Waals surface area contributed by atoms with Gasteiger partial charge in [0.05, 0.1) is 32.0 Å². The molecule has 0 aliphatic rings. The van der Waals surface area contributed by atoms with Crippen LogP contribution >= 0.6 is 0 Å². The molecule has 7 N–H and O–H groups in total. The van der Waals surface area contributed by atoms with E-state index in [1.165, 1.54) is 20.8 Å². The van der Waals surface area contributed by atoms with Gasteiger partial charge in [0.15, 0.2) is 0 Å². The molecule has 0 radical (unpaired) electrons. The second kappa shape index (κ2) is 28.9. The molecular formula is C28H46O13. The van der Waals surface area contributed by atoms with E-state index in [9.17, 15) is 24.0 Å². The van der Waals surface area contributed by atoms with Crippen LogP contribution in [0.1, 0.15) is 53.9 Å². The molecule has 0 aromatic carbocycles. The van der Waals surface area contributed by atoms with Crippen molar-refractivity contribution < 1.29 is 64.5 Å². The number of carboxylic acid groups (broad SMARTS) is 4. The number of aliphatic hydroxyl groups is 3. The van der Waals surface area contributed by atoms with Gasteiger partial charge in [-0.1, -0.05) is 46.6 Å². The van der Waals surface area contributed by atoms with Crippen molar-refractivity contribution >= 4 is 29.8 Å². The lowest BCUT2D eigenvalue weighted by Gasteiger charge is -2.24. The summed E-state index contributed by atoms with van der Waals surface area (Å²) in [5, 5.41) is 57.9. The van der Waals surface area contributed by atoms with Crippen LogP contribution in [0.5, 0.6) is 0 Å². The van der Waals surface area contributed by atoms with Crippen molar-refractivity contribution in [1.82, 2.24) is 0 Å². The van der Waals surface area contributed by atoms with Crippen molar-refractivity contribution in [1.29, 1.82) is 0 Å². The molecule has 0 saturated heterocycles. The molecule has 0 aromatic heterocycles. The van der Waals surface area contributed by atoms with Crippen LogP contribution < -0.4 is 0 Å². The maximum Gasteiger partial charge on any atom is 0.337 e. The first-order valence-corrected chi connectivity index (χ1v) is 12.0. The summed E-state index contributed by atoms with van der Waals surface area (Å²) in [5.41, 5.74) is -0.0940. The van der Waals surface area contributed by atoms with Gasteiger partial charge in [-0.15, -0.1) is 0 Å². The minimum Gasteiger partial charge on any atom is -0.478 e. The molecule has 0 rings (SSSR count). The Morgan fingerprint density at radius 2 is 1.00 bits per heavy atom. The Morgan fingerprint density at radius 3 is 1.17 bits per heavy atom. The molecule has 236 valence electrons. The number of unbranched alkanes of at least 4 members (excludes halogenated alkanes) is 1. The van der Waals surface area contributed by atoms with Gasteiger partial charge in [0, 0.05) is 28.2 Å². The Labute approximate surface area is 241 Å². The Bertz CT molecular complexity index is 784. The van der Waals surface area contributed by atoms with Gasteiger partial charge < -0.3 is 40.5 Å². The highest BCUT2D eigenvalue weighted by molar-refractivity contribution is 5.93. The minimum atomic E-state index is -1.12. The van der Waals surface area contributed by atoms with E-state index < -0.39 is 35.3 Å². The van der Waals surface area contributed by atoms with Crippen LogP contribution in [0.25, 0.3) is 0 Å². The lowest BCUT2D eigenvalue weighted by molar-refractivity contribution is -0.139. The zero-order valence-electron chi connectivity index (χ0n) is 24.5. The lowest BCUT2D eigenvalue weighted by Crippen LogP contribution is -2.32. The minimum absolute atomic E-state index is 0.0449. The molecule has 0 aliphatic carbocycles. The molecule has 0 saturated carbocycles. The number of aliphatic carboxylic acids is 4. The zero-order chi connectivity index (χ0) is 33.8. The van der Waals surface area contributed by atoms with E-state index in [0.29, 0.717) is 13.0 Å². The molecule has 0 bridgehead atoms. The fourth-order valence-electron chi connectivity index (χ4n) is 1.13. The average Bonchev–Trinajstić information content (AvgIpc) is 2.90. The van der Waals surface area contributed by atoms with E-state index in [4.69, 9.17) is 40.5 Å². The third-order valence-electron chi connectivity index (χ3n) is 4.27. The second-order valence-corrected chi connectivity index (χ2v) is 8.27. The van der Waals surface area contributed by atoms with Crippen LogP contribution in [0, 0.1) is 5.41 Å². The van der Waals surface area contributed by atoms with Crippen molar-refractivity contribution in [3.05, 3.63) is 60.8 Å². The van der Waals surface area contributed by atoms with Crippen LogP contribution in [-0.2, 0) is 28.7 Å². The maximum atomic E-state index is 11.1. The van der Waals surface area contributed by atoms with Crippen LogP contribution in [0.15, 0.2) is 60.8 Å². The highest BCUT2D eigenvalue weighted by atomic mass is 16.5. The summed E-state index contributed by atoms with van der Waals surface area (Å²) in [6, 6.07) is 0. The predicted molar refractivity (Wildman–Crippen MR) is 153 cm³/mol. The third-order valence-corrected chi connectivity index (χ3v) is 4.27. The first-order valence-electron chi connectivity index (χ1n) is 12.0. The Morgan fingerprint density at radius 1 is 0.683 bits per heavy atom. The van der Waals surface area contributed by atoms with Gasteiger partial charge in [0.2, 0.25) is 0 Å². The van der Waals surface area contributed by atoms with Gasteiger partial charge in [0.25, 0.3) is 0 Å². The second-order valence-electron chi connectivity index (χ2n) is 8.27. The third kappa shape index (κ3) is 35.9. The predicted octanol–water partition coefficient (Wildman–Crippen LogP) is 2.83. The number of hydrogen-bond donors (Lipinski definition) is 7. The topological polar surface area (TPSA) is 236 Å². The molecule has 0 atom stereocenters. The fourth-order valence-corrected chi connectivity index (χ4v) is 1.13. The van der Waals surface area contributed by atoms with Gasteiger partial charge in [0.1, 0.15) is 0 Å². The fraction of sp³-hybridized carbons (Fsp3) is 0.464. The van der Waals surface area contributed by atoms with Gasteiger partial charge >= 0.3 is 29.8 Å². The molecule has 13 nitrogen and oxygen atoms in total. The maximum absolute atomic E-state index is 11.1. The quantitative estimate of drug-likeness (QED) is 0.0708. The number of ether oxygens (including phenoxy) is 1. The summed E-state index contributed by atoms with van der Waals surface area (Å²) in [6.07, 6.45) is 4.29. The Kier molecular flexibility index (Phi) is 33.0. The molecule has 0 fully saturated rings. The van der Waals surface area contributed by atoms with E-state index >= 15 is 0 Å². The molecule has 0 amide bonds. The number of carbonyl (C=O) groups excluding carboxylic acids is 1. The van der Waals surface area contributed by atoms with Crippen molar-refractivity contribution in [2.45, 2.75) is 53.9 Å². The van der Waals surface area contributed by atoms with Crippen molar-refractivity contribution in [3.63, 3.8) is 0 Å². The van der Waals surface area contributed by atoms with Crippen molar-refractivity contribution in [2.24, 2.45) is 5.41 Å². The average molecular weight is 591 g/mol. The number of carboxylic acids is 4. The SMILES string of the molecule is C=C(C)C(=O)O.C=C(C)C(=O)O.C=C(C)C(=O)O.C=C(C=CC(=O)O)C(=O)OCCCC.CCC(CO)(CO)CO. The largest absolute Gasteiger partial charge is 0.478 e. The lowest BCUT2D eigenvalue weighted by atomic mass is 9.88. The van der Waals surface area contributed by atoms with Gasteiger partial charge in [-0.25, -0.2) is 24.0 Å². The van der Waals surface area contributed by atoms with Crippen LogP contribution in [0.3, 0.4) is 0 Å². The molecule has 41 heavy (non-hydrogen) atoms. The Hall–Kier alpha value is -4.07. The van der Waals surface area contributed by atoms with E-state index in [1.54, 1.807) is 0 Å². The van der Waals surface area contributed by atoms with Gasteiger partial charge in [-0.3, -0.25) is 0 Å². The summed E-state index contributed by atoms with van der Waals surface area (Å²) in [5.74, 6) is -4.50. The Balaban J connectivity index is -0.000000139. The number of hydrogen-bond acceptors (Lipinski definition) is 9. The summed E-state index contributed by atoms with van der Waals surface area (Å²) < 4.78 is 4.79. The normalized spacial score (nSPS) is 9.37. The molecule has 0 heterocycles. The van der Waals surface area contributed by atoms with Gasteiger partial charge in [-0.05, 0) is 39.7 Å². The van der Waals surface area contributed by atoms with Gasteiger partial charge in [-0.2, -0.15) is 0 Å². The highest BCUT2D eigenvalue weighted by Gasteiger charge is 2.24. The number of rotatable bonds is 13. The summed E-state index contributed by atoms with van der Waals surface area (Å²) >= 11 is 0. The van der Waals surface area contributed by atoms with E-state index in [-0.39, 0.29) is 42.1 Å². The molecule has 0 aliphatic heterocycles. The van der Waals surface area contributed by atoms with E-state index in [1.807, 2.05) is 13.8 Å². The van der Waals surface area contributed by atoms with Crippen molar-refractivity contribution in [2.75, 3.05) is 26.4 Å². The molecule has 0 spiro atoms. The van der Waals surface area contributed by atoms with Crippen LogP contribution in [0.2, 0.25) is 0 Å². The molecule has 13 heteroatoms. The molecule has 0 aromatic rings. The van der Waals surface area contributed by atoms with E-state index in [0.717, 1.165) is 25.0 Å². The van der Waals surface area contributed by atoms with Crippen molar-refractivity contribution in [3.8, 4) is 0 Å². The smallest absolute Gasteiger partial charge is 0.337 e. The number of aliphatic hydroxyl groups excluding tert-OH is 3. The number of carbonyl (C=O) groups is 5. The monoisotopic (exact) mass is 590 g/mol. The molecular weight excluding hydrogens is 544 g/mol. The first kappa shape index (κ1) is 46.8. The standard InChI is InChI=1S/C10H14O4.C6H14O3.3C4H6O2/c1-3-4-7-14-10(13)8(2)5-6-9(11)12;1-2-6(3-7,4-8)5-9;3*1-3(2)4(5)6/h5-6H,2-4,7H2,1H3,(H,11,12);7-9H,2-5H2,1H3;3*1H2,2H3,(H,5,6). The number of esters is 1. The van der Waals surface area contributed by atoms with Crippen LogP contribution in [-0.4, -0.2) is 92.0 Å². The van der Waals surface area contributed by atoms with E-state index in [2.05, 4.69) is 26.3 Å². The van der Waals surface area contributed by atoms with Crippen LogP contribution in [0.4, 0.5) is 0 Å². The zero-order valence-corrected chi connectivity index (χ0v) is 24.5. The summed E-state index contributed by atoms with van der Waals surface area (Å²) in [4.78, 5) is 50.0. The summed E-state index contributed by atoms with van der Waals surface area (Å²) in [7, 11) is 0.